The summed E-state index contributed by atoms with van der Waals surface area (Å²) in [5.41, 5.74) is 0.981. The summed E-state index contributed by atoms with van der Waals surface area (Å²) in [6, 6.07) is 16.7. The normalized spacial score (nSPS) is 11.6. The van der Waals surface area contributed by atoms with Gasteiger partial charge in [-0.1, -0.05) is 50.6 Å². The van der Waals surface area contributed by atoms with E-state index in [1.807, 2.05) is 61.5 Å². The number of nitrogens with zero attached hydrogens (tertiary/aromatic N) is 1. The van der Waals surface area contributed by atoms with E-state index >= 15 is 0 Å². The molecule has 0 aromatic heterocycles. The van der Waals surface area contributed by atoms with Crippen LogP contribution in [0.2, 0.25) is 0 Å². The van der Waals surface area contributed by atoms with Gasteiger partial charge in [0.2, 0.25) is 5.91 Å². The van der Waals surface area contributed by atoms with Crippen molar-refractivity contribution in [3.8, 4) is 5.75 Å². The van der Waals surface area contributed by atoms with Gasteiger partial charge in [0.1, 0.15) is 11.8 Å². The van der Waals surface area contributed by atoms with Gasteiger partial charge >= 0.3 is 0 Å². The molecule has 156 valence electrons. The van der Waals surface area contributed by atoms with Crippen LogP contribution in [0, 0.1) is 3.57 Å². The zero-order valence-corrected chi connectivity index (χ0v) is 19.2. The van der Waals surface area contributed by atoms with Crippen molar-refractivity contribution in [2.75, 3.05) is 13.2 Å². The van der Waals surface area contributed by atoms with E-state index in [1.165, 1.54) is 0 Å². The van der Waals surface area contributed by atoms with Gasteiger partial charge in [0.05, 0.1) is 0 Å². The molecule has 2 aromatic carbocycles. The molecular formula is C23H29IN2O3. The fourth-order valence-electron chi connectivity index (χ4n) is 2.96. The summed E-state index contributed by atoms with van der Waals surface area (Å²) < 4.78 is 6.79. The molecule has 0 spiro atoms. The average molecular weight is 508 g/mol. The third-order valence-corrected chi connectivity index (χ3v) is 5.31. The molecule has 0 unspecified atom stereocenters. The molecule has 0 aliphatic carbocycles. The van der Waals surface area contributed by atoms with Crippen LogP contribution in [0.15, 0.2) is 54.6 Å². The van der Waals surface area contributed by atoms with E-state index in [2.05, 4.69) is 34.8 Å². The van der Waals surface area contributed by atoms with E-state index in [1.54, 1.807) is 4.90 Å². The maximum Gasteiger partial charge on any atom is 0.261 e. The number of carbonyl (C=O) groups is 2. The van der Waals surface area contributed by atoms with Crippen molar-refractivity contribution < 1.29 is 14.3 Å². The Labute approximate surface area is 187 Å². The number of benzene rings is 2. The SMILES string of the molecule is CCCCNC(=O)[C@H](CC)N(Cc1ccccc1)C(=O)COc1ccc(I)cc1. The smallest absolute Gasteiger partial charge is 0.261 e. The van der Waals surface area contributed by atoms with E-state index in [4.69, 9.17) is 4.74 Å². The minimum absolute atomic E-state index is 0.105. The number of hydrogen-bond donors (Lipinski definition) is 1. The fraction of sp³-hybridized carbons (Fsp3) is 0.391. The lowest BCUT2D eigenvalue weighted by atomic mass is 10.1. The van der Waals surface area contributed by atoms with Gasteiger partial charge in [-0.25, -0.2) is 0 Å². The van der Waals surface area contributed by atoms with E-state index in [-0.39, 0.29) is 18.4 Å². The second-order valence-electron chi connectivity index (χ2n) is 6.82. The van der Waals surface area contributed by atoms with E-state index in [9.17, 15) is 9.59 Å². The Morgan fingerprint density at radius 3 is 2.38 bits per heavy atom. The predicted octanol–water partition coefficient (Wildman–Crippen LogP) is 4.39. The summed E-state index contributed by atoms with van der Waals surface area (Å²) in [5.74, 6) is 0.322. The monoisotopic (exact) mass is 508 g/mol. The first kappa shape index (κ1) is 23.2. The highest BCUT2D eigenvalue weighted by Gasteiger charge is 2.28. The highest BCUT2D eigenvalue weighted by molar-refractivity contribution is 14.1. The molecule has 0 aliphatic heterocycles. The number of amides is 2. The Bertz CT molecular complexity index is 765. The van der Waals surface area contributed by atoms with Crippen LogP contribution < -0.4 is 10.1 Å². The van der Waals surface area contributed by atoms with Crippen molar-refractivity contribution in [3.05, 3.63) is 63.7 Å². The summed E-state index contributed by atoms with van der Waals surface area (Å²) >= 11 is 2.22. The lowest BCUT2D eigenvalue weighted by Gasteiger charge is -2.30. The number of unbranched alkanes of at least 4 members (excludes halogenated alkanes) is 1. The largest absolute Gasteiger partial charge is 0.484 e. The molecule has 2 aromatic rings. The zero-order valence-electron chi connectivity index (χ0n) is 17.1. The molecule has 2 rings (SSSR count). The van der Waals surface area contributed by atoms with Crippen LogP contribution in [-0.4, -0.2) is 35.9 Å². The van der Waals surface area contributed by atoms with Crippen molar-refractivity contribution in [3.63, 3.8) is 0 Å². The van der Waals surface area contributed by atoms with Gasteiger partial charge in [-0.05, 0) is 65.3 Å². The van der Waals surface area contributed by atoms with Gasteiger partial charge in [-0.3, -0.25) is 9.59 Å². The van der Waals surface area contributed by atoms with Crippen molar-refractivity contribution in [2.24, 2.45) is 0 Å². The Morgan fingerprint density at radius 2 is 1.76 bits per heavy atom. The molecule has 0 fully saturated rings. The van der Waals surface area contributed by atoms with Crippen LogP contribution in [0.5, 0.6) is 5.75 Å². The van der Waals surface area contributed by atoms with Crippen LogP contribution in [0.3, 0.4) is 0 Å². The molecule has 2 amide bonds. The Morgan fingerprint density at radius 1 is 1.07 bits per heavy atom. The third kappa shape index (κ3) is 7.68. The molecule has 0 aliphatic rings. The van der Waals surface area contributed by atoms with Gasteiger partial charge in [0, 0.05) is 16.7 Å². The molecule has 29 heavy (non-hydrogen) atoms. The average Bonchev–Trinajstić information content (AvgIpc) is 2.74. The number of nitrogens with one attached hydrogen (secondary N) is 1. The zero-order chi connectivity index (χ0) is 21.1. The number of hydrogen-bond acceptors (Lipinski definition) is 3. The van der Waals surface area contributed by atoms with Crippen LogP contribution in [-0.2, 0) is 16.1 Å². The summed E-state index contributed by atoms with van der Waals surface area (Å²) in [5, 5.41) is 2.96. The first-order valence-corrected chi connectivity index (χ1v) is 11.1. The maximum absolute atomic E-state index is 13.0. The molecule has 0 radical (unpaired) electrons. The van der Waals surface area contributed by atoms with E-state index < -0.39 is 6.04 Å². The second-order valence-corrected chi connectivity index (χ2v) is 8.06. The minimum atomic E-state index is -0.528. The van der Waals surface area contributed by atoms with Gasteiger partial charge in [0.25, 0.3) is 5.91 Å². The molecule has 1 N–H and O–H groups in total. The second kappa shape index (κ2) is 12.5. The Kier molecular flexibility index (Phi) is 9.97. The van der Waals surface area contributed by atoms with Gasteiger partial charge < -0.3 is 15.0 Å². The molecule has 0 saturated carbocycles. The van der Waals surface area contributed by atoms with Crippen LogP contribution >= 0.6 is 22.6 Å². The predicted molar refractivity (Wildman–Crippen MR) is 124 cm³/mol. The summed E-state index contributed by atoms with van der Waals surface area (Å²) in [7, 11) is 0. The summed E-state index contributed by atoms with van der Waals surface area (Å²) in [6.07, 6.45) is 2.47. The minimum Gasteiger partial charge on any atom is -0.484 e. The van der Waals surface area contributed by atoms with Crippen LogP contribution in [0.4, 0.5) is 0 Å². The molecular weight excluding hydrogens is 479 g/mol. The lowest BCUT2D eigenvalue weighted by Crippen LogP contribution is -2.50. The molecule has 5 nitrogen and oxygen atoms in total. The summed E-state index contributed by atoms with van der Waals surface area (Å²) in [4.78, 5) is 27.4. The number of carbonyl (C=O) groups excluding carboxylic acids is 2. The van der Waals surface area contributed by atoms with Gasteiger partial charge in [-0.2, -0.15) is 0 Å². The molecule has 6 heteroatoms. The van der Waals surface area contributed by atoms with Crippen molar-refractivity contribution in [1.29, 1.82) is 0 Å². The van der Waals surface area contributed by atoms with Crippen molar-refractivity contribution in [1.82, 2.24) is 10.2 Å². The Balaban J connectivity index is 2.12. The topological polar surface area (TPSA) is 58.6 Å². The molecule has 0 saturated heterocycles. The van der Waals surface area contributed by atoms with Crippen LogP contribution in [0.25, 0.3) is 0 Å². The quantitative estimate of drug-likeness (QED) is 0.362. The highest BCUT2D eigenvalue weighted by Crippen LogP contribution is 2.16. The van der Waals surface area contributed by atoms with Crippen LogP contribution in [0.1, 0.15) is 38.7 Å². The third-order valence-electron chi connectivity index (χ3n) is 4.59. The van der Waals surface area contributed by atoms with Gasteiger partial charge in [-0.15, -0.1) is 0 Å². The Hall–Kier alpha value is -2.09. The number of ether oxygens (including phenoxy) is 1. The number of rotatable bonds is 11. The molecule has 1 atom stereocenters. The number of halogens is 1. The van der Waals surface area contributed by atoms with Crippen molar-refractivity contribution in [2.45, 2.75) is 45.7 Å². The van der Waals surface area contributed by atoms with Crippen molar-refractivity contribution >= 4 is 34.4 Å². The van der Waals surface area contributed by atoms with E-state index in [0.717, 1.165) is 22.0 Å². The highest BCUT2D eigenvalue weighted by atomic mass is 127. The fourth-order valence-corrected chi connectivity index (χ4v) is 3.32. The standard InChI is InChI=1S/C23H29IN2O3/c1-3-5-15-25-23(28)21(4-2)26(16-18-9-7-6-8-10-18)22(27)17-29-20-13-11-19(24)12-14-20/h6-14,21H,3-5,15-17H2,1-2H3,(H,25,28)/t21-/m0/s1. The van der Waals surface area contributed by atoms with E-state index in [0.29, 0.717) is 25.3 Å². The maximum atomic E-state index is 13.0. The summed E-state index contributed by atoms with van der Waals surface area (Å²) in [6.45, 7) is 4.89. The first-order valence-electron chi connectivity index (χ1n) is 10.0. The lowest BCUT2D eigenvalue weighted by molar-refractivity contribution is -0.143. The first-order chi connectivity index (χ1) is 14.0. The van der Waals surface area contributed by atoms with Gasteiger partial charge in [0.15, 0.2) is 6.61 Å². The molecule has 0 heterocycles. The molecule has 0 bridgehead atoms.